The fraction of sp³-hybridized carbons (Fsp3) is 0.364. The molecule has 1 fully saturated rings. The van der Waals surface area contributed by atoms with Crippen LogP contribution >= 0.6 is 0 Å². The van der Waals surface area contributed by atoms with Crippen molar-refractivity contribution < 1.29 is 9.53 Å². The van der Waals surface area contributed by atoms with Crippen LogP contribution < -0.4 is 20.5 Å². The molecule has 8 nitrogen and oxygen atoms in total. The van der Waals surface area contributed by atoms with Gasteiger partial charge in [0.25, 0.3) is 5.56 Å². The van der Waals surface area contributed by atoms with Crippen molar-refractivity contribution in [3.8, 4) is 5.75 Å². The molecule has 2 aromatic heterocycles. The Balaban J connectivity index is 1.48. The maximum absolute atomic E-state index is 12.8. The maximum atomic E-state index is 12.8. The van der Waals surface area contributed by atoms with Crippen LogP contribution in [0.5, 0.6) is 5.75 Å². The second kappa shape index (κ2) is 8.52. The van der Waals surface area contributed by atoms with Crippen LogP contribution in [0.1, 0.15) is 18.4 Å². The minimum atomic E-state index is -0.196. The van der Waals surface area contributed by atoms with Crippen LogP contribution in [0.3, 0.4) is 0 Å². The quantitative estimate of drug-likeness (QED) is 0.695. The summed E-state index contributed by atoms with van der Waals surface area (Å²) in [4.78, 5) is 36.3. The maximum Gasteiger partial charge on any atom is 0.294 e. The molecule has 0 radical (unpaired) electrons. The molecule has 1 amide bonds. The number of piperidine rings is 1. The van der Waals surface area contributed by atoms with E-state index in [1.165, 1.54) is 4.57 Å². The van der Waals surface area contributed by atoms with E-state index in [4.69, 9.17) is 4.74 Å². The Morgan fingerprint density at radius 3 is 3.00 bits per heavy atom. The van der Waals surface area contributed by atoms with Crippen LogP contribution in [-0.4, -0.2) is 40.6 Å². The van der Waals surface area contributed by atoms with Crippen LogP contribution in [0.15, 0.2) is 47.4 Å². The number of ether oxygens (including phenoxy) is 1. The third kappa shape index (κ3) is 3.98. The minimum Gasteiger partial charge on any atom is -0.497 e. The van der Waals surface area contributed by atoms with Gasteiger partial charge in [0.2, 0.25) is 5.91 Å². The number of anilines is 1. The van der Waals surface area contributed by atoms with Crippen molar-refractivity contribution in [2.45, 2.75) is 19.4 Å². The summed E-state index contributed by atoms with van der Waals surface area (Å²) in [6.45, 7) is 1.61. The number of carbonyl (C=O) groups is 1. The first-order valence-electron chi connectivity index (χ1n) is 10.0. The molecule has 8 heteroatoms. The zero-order chi connectivity index (χ0) is 21.1. The minimum absolute atomic E-state index is 0.0122. The van der Waals surface area contributed by atoms with Gasteiger partial charge in [0.05, 0.1) is 13.0 Å². The van der Waals surface area contributed by atoms with Crippen molar-refractivity contribution in [2.75, 3.05) is 25.1 Å². The van der Waals surface area contributed by atoms with E-state index in [-0.39, 0.29) is 17.4 Å². The van der Waals surface area contributed by atoms with E-state index in [1.54, 1.807) is 26.4 Å². The molecule has 0 aliphatic carbocycles. The molecule has 0 saturated carbocycles. The van der Waals surface area contributed by atoms with E-state index in [1.807, 2.05) is 35.2 Å². The molecule has 0 bridgehead atoms. The van der Waals surface area contributed by atoms with Gasteiger partial charge in [-0.3, -0.25) is 14.2 Å². The lowest BCUT2D eigenvalue weighted by Crippen LogP contribution is -2.45. The van der Waals surface area contributed by atoms with E-state index in [9.17, 15) is 9.59 Å². The van der Waals surface area contributed by atoms with Crippen LogP contribution in [0.25, 0.3) is 11.2 Å². The van der Waals surface area contributed by atoms with Crippen molar-refractivity contribution in [3.05, 3.63) is 58.5 Å². The van der Waals surface area contributed by atoms with Crippen molar-refractivity contribution in [1.82, 2.24) is 19.9 Å². The summed E-state index contributed by atoms with van der Waals surface area (Å²) in [6.07, 6.45) is 3.26. The molecule has 1 unspecified atom stereocenters. The summed E-state index contributed by atoms with van der Waals surface area (Å²) in [5.74, 6) is 0.934. The number of aromatic nitrogens is 3. The van der Waals surface area contributed by atoms with E-state index in [0.717, 1.165) is 24.2 Å². The smallest absolute Gasteiger partial charge is 0.294 e. The molecule has 3 aromatic rings. The van der Waals surface area contributed by atoms with Gasteiger partial charge in [-0.15, -0.1) is 0 Å². The molecule has 0 spiro atoms. The molecule has 4 rings (SSSR count). The average Bonchev–Trinajstić information content (AvgIpc) is 2.80. The first kappa shape index (κ1) is 19.9. The highest BCUT2D eigenvalue weighted by atomic mass is 16.5. The lowest BCUT2D eigenvalue weighted by molar-refractivity contribution is -0.125. The number of pyridine rings is 1. The number of rotatable bonds is 5. The number of aryl methyl sites for hydroxylation is 1. The number of nitrogens with one attached hydrogen (secondary N) is 1. The summed E-state index contributed by atoms with van der Waals surface area (Å²) in [6, 6.07) is 11.3. The van der Waals surface area contributed by atoms with Gasteiger partial charge in [-0.05, 0) is 42.7 Å². The van der Waals surface area contributed by atoms with E-state index >= 15 is 0 Å². The van der Waals surface area contributed by atoms with Crippen molar-refractivity contribution in [3.63, 3.8) is 0 Å². The highest BCUT2D eigenvalue weighted by molar-refractivity contribution is 5.79. The van der Waals surface area contributed by atoms with Gasteiger partial charge in [-0.25, -0.2) is 9.97 Å². The van der Waals surface area contributed by atoms with Crippen LogP contribution in [0, 0.1) is 5.92 Å². The lowest BCUT2D eigenvalue weighted by Gasteiger charge is -2.32. The summed E-state index contributed by atoms with van der Waals surface area (Å²) >= 11 is 0. The van der Waals surface area contributed by atoms with Gasteiger partial charge in [0, 0.05) is 32.9 Å². The first-order chi connectivity index (χ1) is 14.6. The van der Waals surface area contributed by atoms with Crippen LogP contribution in [-0.2, 0) is 18.4 Å². The van der Waals surface area contributed by atoms with Crippen molar-refractivity contribution >= 4 is 22.9 Å². The third-order valence-corrected chi connectivity index (χ3v) is 5.50. The van der Waals surface area contributed by atoms with Gasteiger partial charge >= 0.3 is 0 Å². The highest BCUT2D eigenvalue weighted by Crippen LogP contribution is 2.21. The number of benzene rings is 1. The van der Waals surface area contributed by atoms with Crippen molar-refractivity contribution in [1.29, 1.82) is 0 Å². The Kier molecular flexibility index (Phi) is 5.65. The van der Waals surface area contributed by atoms with E-state index in [2.05, 4.69) is 15.3 Å². The molecule has 3 heterocycles. The van der Waals surface area contributed by atoms with Gasteiger partial charge in [-0.1, -0.05) is 12.1 Å². The summed E-state index contributed by atoms with van der Waals surface area (Å²) in [5, 5.41) is 3.01. The predicted molar refractivity (Wildman–Crippen MR) is 115 cm³/mol. The van der Waals surface area contributed by atoms with Gasteiger partial charge in [-0.2, -0.15) is 0 Å². The standard InChI is InChI=1S/C22H25N5O3/c1-26-19-18(9-4-10-23-19)25-20(22(26)29)27-11-5-7-16(14-27)21(28)24-13-15-6-3-8-17(12-15)30-2/h3-4,6,8-10,12,16H,5,7,11,13-14H2,1-2H3,(H,24,28). The van der Waals surface area contributed by atoms with Crippen molar-refractivity contribution in [2.24, 2.45) is 13.0 Å². The van der Waals surface area contributed by atoms with Crippen LogP contribution in [0.2, 0.25) is 0 Å². The lowest BCUT2D eigenvalue weighted by atomic mass is 9.97. The Hall–Kier alpha value is -3.42. The van der Waals surface area contributed by atoms with Gasteiger partial charge < -0.3 is 15.0 Å². The second-order valence-electron chi connectivity index (χ2n) is 7.50. The Morgan fingerprint density at radius 1 is 1.30 bits per heavy atom. The number of hydrogen-bond acceptors (Lipinski definition) is 6. The second-order valence-corrected chi connectivity index (χ2v) is 7.50. The average molecular weight is 407 g/mol. The Morgan fingerprint density at radius 2 is 2.17 bits per heavy atom. The molecule has 1 atom stereocenters. The fourth-order valence-electron chi connectivity index (χ4n) is 3.85. The zero-order valence-corrected chi connectivity index (χ0v) is 17.2. The molecule has 1 aliphatic rings. The van der Waals surface area contributed by atoms with Crippen LogP contribution in [0.4, 0.5) is 5.82 Å². The molecule has 156 valence electrons. The highest BCUT2D eigenvalue weighted by Gasteiger charge is 2.28. The van der Waals surface area contributed by atoms with Gasteiger partial charge in [0.15, 0.2) is 11.5 Å². The van der Waals surface area contributed by atoms with E-state index < -0.39 is 0 Å². The zero-order valence-electron chi connectivity index (χ0n) is 17.2. The number of nitrogens with zero attached hydrogens (tertiary/aromatic N) is 4. The number of hydrogen-bond donors (Lipinski definition) is 1. The summed E-state index contributed by atoms with van der Waals surface area (Å²) in [5.41, 5.74) is 2.00. The predicted octanol–water partition coefficient (Wildman–Crippen LogP) is 1.87. The SMILES string of the molecule is COc1cccc(CNC(=O)C2CCCN(c3nc4cccnc4n(C)c3=O)C2)c1. The Bertz CT molecular complexity index is 1130. The number of amides is 1. The Labute approximate surface area is 174 Å². The fourth-order valence-corrected chi connectivity index (χ4v) is 3.85. The van der Waals surface area contributed by atoms with E-state index in [0.29, 0.717) is 36.6 Å². The molecular formula is C22H25N5O3. The largest absolute Gasteiger partial charge is 0.497 e. The first-order valence-corrected chi connectivity index (χ1v) is 10.0. The summed E-state index contributed by atoms with van der Waals surface area (Å²) in [7, 11) is 3.32. The monoisotopic (exact) mass is 407 g/mol. The molecule has 1 saturated heterocycles. The number of fused-ring (bicyclic) bond motifs is 1. The molecule has 30 heavy (non-hydrogen) atoms. The number of methoxy groups -OCH3 is 1. The molecule has 1 aromatic carbocycles. The molecule has 1 aliphatic heterocycles. The molecule has 1 N–H and O–H groups in total. The summed E-state index contributed by atoms with van der Waals surface area (Å²) < 4.78 is 6.75. The molecular weight excluding hydrogens is 382 g/mol. The van der Waals surface area contributed by atoms with Gasteiger partial charge in [0.1, 0.15) is 11.3 Å². The normalized spacial score (nSPS) is 16.5. The third-order valence-electron chi connectivity index (χ3n) is 5.50. The number of carbonyl (C=O) groups excluding carboxylic acids is 1. The topological polar surface area (TPSA) is 89.3 Å².